The number of carbonyl (C=O) groups is 2. The first kappa shape index (κ1) is 25.8. The third-order valence-corrected chi connectivity index (χ3v) is 5.00. The highest BCUT2D eigenvalue weighted by Gasteiger charge is 2.58. The number of nitrogens with one attached hydrogen (secondary N) is 1. The molecule has 3 aromatic rings. The monoisotopic (exact) mass is 514 g/mol. The molecule has 0 heterocycles. The van der Waals surface area contributed by atoms with Gasteiger partial charge < -0.3 is 20.5 Å². The summed E-state index contributed by atoms with van der Waals surface area (Å²) in [5.41, 5.74) is 3.56. The smallest absolute Gasteiger partial charge is 0.458 e. The van der Waals surface area contributed by atoms with Crippen LogP contribution in [0.15, 0.2) is 60.7 Å². The number of benzene rings is 3. The van der Waals surface area contributed by atoms with Crippen LogP contribution in [0.5, 0.6) is 17.2 Å². The van der Waals surface area contributed by atoms with Gasteiger partial charge in [-0.05, 0) is 42.5 Å². The van der Waals surface area contributed by atoms with Crippen LogP contribution in [-0.4, -0.2) is 25.1 Å². The molecule has 0 saturated carbocycles. The number of alkyl halides is 5. The summed E-state index contributed by atoms with van der Waals surface area (Å²) in [7, 11) is 1.37. The molecule has 0 spiro atoms. The van der Waals surface area contributed by atoms with Crippen LogP contribution < -0.4 is 20.5 Å². The minimum atomic E-state index is -5.89. The van der Waals surface area contributed by atoms with E-state index in [1.165, 1.54) is 49.6 Å². The fraction of sp³-hybridized carbons (Fsp3) is 0.130. The molecule has 3 N–H and O–H groups in total. The Bertz CT molecular complexity index is 1280. The number of ether oxygens (including phenoxy) is 2. The number of hydrogen-bond donors (Lipinski definition) is 2. The number of rotatable bonds is 7. The van der Waals surface area contributed by atoms with Crippen molar-refractivity contribution >= 4 is 29.1 Å². The Balaban J connectivity index is 2.05. The van der Waals surface area contributed by atoms with Gasteiger partial charge in [0.15, 0.2) is 0 Å². The lowest BCUT2D eigenvalue weighted by molar-refractivity contribution is -0.289. The zero-order valence-electron chi connectivity index (χ0n) is 17.8. The van der Waals surface area contributed by atoms with Gasteiger partial charge in [0.1, 0.15) is 17.2 Å². The Morgan fingerprint density at radius 2 is 1.66 bits per heavy atom. The molecule has 6 nitrogen and oxygen atoms in total. The maximum absolute atomic E-state index is 14.0. The van der Waals surface area contributed by atoms with Crippen LogP contribution in [0.25, 0.3) is 0 Å². The van der Waals surface area contributed by atoms with Gasteiger partial charge in [-0.2, -0.15) is 22.0 Å². The third-order valence-electron chi connectivity index (χ3n) is 4.71. The summed E-state index contributed by atoms with van der Waals surface area (Å²) in [6.45, 7) is 0. The van der Waals surface area contributed by atoms with Crippen molar-refractivity contribution in [1.82, 2.24) is 0 Å². The van der Waals surface area contributed by atoms with E-state index in [0.717, 1.165) is 6.07 Å². The van der Waals surface area contributed by atoms with E-state index < -0.39 is 35.2 Å². The molecule has 3 aromatic carbocycles. The lowest BCUT2D eigenvalue weighted by Crippen LogP contribution is -2.33. The summed E-state index contributed by atoms with van der Waals surface area (Å²) in [6, 6.07) is 11.1. The lowest BCUT2D eigenvalue weighted by Gasteiger charge is -2.21. The molecule has 0 saturated heterocycles. The van der Waals surface area contributed by atoms with Crippen LogP contribution in [0.4, 0.5) is 27.6 Å². The van der Waals surface area contributed by atoms with Crippen molar-refractivity contribution < 1.29 is 41.0 Å². The molecule has 0 aliphatic rings. The number of carbonyl (C=O) groups excluding carboxylic acids is 2. The molecule has 0 bridgehead atoms. The number of nitrogens with two attached hydrogens (primary N) is 1. The molecule has 0 atom stereocenters. The average Bonchev–Trinajstić information content (AvgIpc) is 2.79. The van der Waals surface area contributed by atoms with Gasteiger partial charge in [0.05, 0.1) is 17.7 Å². The van der Waals surface area contributed by atoms with Crippen molar-refractivity contribution in [2.24, 2.45) is 5.73 Å². The average molecular weight is 515 g/mol. The molecule has 184 valence electrons. The number of methoxy groups -OCH3 is 1. The second kappa shape index (κ2) is 9.79. The van der Waals surface area contributed by atoms with Crippen molar-refractivity contribution in [3.8, 4) is 17.2 Å². The highest BCUT2D eigenvalue weighted by atomic mass is 35.5. The second-order valence-corrected chi connectivity index (χ2v) is 7.49. The quantitative estimate of drug-likeness (QED) is 0.370. The van der Waals surface area contributed by atoms with E-state index in [0.29, 0.717) is 17.9 Å². The minimum Gasteiger partial charge on any atom is -0.497 e. The van der Waals surface area contributed by atoms with E-state index in [-0.39, 0.29) is 27.6 Å². The van der Waals surface area contributed by atoms with Crippen LogP contribution >= 0.6 is 11.6 Å². The van der Waals surface area contributed by atoms with Gasteiger partial charge in [-0.25, -0.2) is 0 Å². The summed E-state index contributed by atoms with van der Waals surface area (Å²) < 4.78 is 77.3. The Morgan fingerprint density at radius 1 is 0.943 bits per heavy atom. The molecule has 0 radical (unpaired) electrons. The van der Waals surface area contributed by atoms with E-state index in [4.69, 9.17) is 26.8 Å². The molecule has 3 rings (SSSR count). The van der Waals surface area contributed by atoms with E-state index in [1.54, 1.807) is 0 Å². The van der Waals surface area contributed by atoms with Crippen molar-refractivity contribution in [1.29, 1.82) is 0 Å². The number of hydrogen-bond acceptors (Lipinski definition) is 4. The number of anilines is 1. The Kier molecular flexibility index (Phi) is 7.20. The first-order valence-corrected chi connectivity index (χ1v) is 10.0. The Morgan fingerprint density at radius 3 is 2.26 bits per heavy atom. The van der Waals surface area contributed by atoms with Crippen LogP contribution in [0.3, 0.4) is 0 Å². The van der Waals surface area contributed by atoms with E-state index in [9.17, 15) is 31.5 Å². The second-order valence-electron chi connectivity index (χ2n) is 7.08. The van der Waals surface area contributed by atoms with Crippen LogP contribution in [0.1, 0.15) is 26.3 Å². The predicted molar refractivity (Wildman–Crippen MR) is 117 cm³/mol. The van der Waals surface area contributed by atoms with Crippen LogP contribution in [-0.2, 0) is 5.92 Å². The molecule has 12 heteroatoms. The van der Waals surface area contributed by atoms with Gasteiger partial charge in [-0.1, -0.05) is 23.7 Å². The van der Waals surface area contributed by atoms with Gasteiger partial charge in [0.25, 0.3) is 5.91 Å². The fourth-order valence-corrected chi connectivity index (χ4v) is 3.12. The van der Waals surface area contributed by atoms with Gasteiger partial charge in [0.2, 0.25) is 5.91 Å². The Hall–Kier alpha value is -3.86. The molecule has 0 fully saturated rings. The zero-order valence-corrected chi connectivity index (χ0v) is 18.5. The topological polar surface area (TPSA) is 90.7 Å². The molecule has 0 unspecified atom stereocenters. The van der Waals surface area contributed by atoms with E-state index in [1.807, 2.05) is 0 Å². The van der Waals surface area contributed by atoms with Gasteiger partial charge in [-0.3, -0.25) is 9.59 Å². The molecule has 35 heavy (non-hydrogen) atoms. The number of amides is 2. The third kappa shape index (κ3) is 5.62. The molecular formula is C23H16ClF5N2O4. The first-order chi connectivity index (χ1) is 16.3. The summed E-state index contributed by atoms with van der Waals surface area (Å²) in [4.78, 5) is 24.2. The predicted octanol–water partition coefficient (Wildman–Crippen LogP) is 6.15. The van der Waals surface area contributed by atoms with Crippen molar-refractivity contribution in [3.05, 3.63) is 82.4 Å². The largest absolute Gasteiger partial charge is 0.497 e. The highest BCUT2D eigenvalue weighted by molar-refractivity contribution is 6.32. The Labute approximate surface area is 200 Å². The van der Waals surface area contributed by atoms with Crippen LogP contribution in [0, 0.1) is 0 Å². The van der Waals surface area contributed by atoms with Crippen molar-refractivity contribution in [2.75, 3.05) is 12.4 Å². The summed E-state index contributed by atoms with van der Waals surface area (Å²) in [5.74, 6) is -7.34. The zero-order chi connectivity index (χ0) is 26.0. The number of primary amides is 1. The van der Waals surface area contributed by atoms with Crippen molar-refractivity contribution in [3.63, 3.8) is 0 Å². The first-order valence-electron chi connectivity index (χ1n) is 9.65. The van der Waals surface area contributed by atoms with Crippen molar-refractivity contribution in [2.45, 2.75) is 12.1 Å². The maximum Gasteiger partial charge on any atom is 0.458 e. The van der Waals surface area contributed by atoms with E-state index >= 15 is 0 Å². The van der Waals surface area contributed by atoms with Gasteiger partial charge >= 0.3 is 12.1 Å². The highest BCUT2D eigenvalue weighted by Crippen LogP contribution is 2.45. The number of halogens is 6. The van der Waals surface area contributed by atoms with E-state index in [2.05, 4.69) is 5.32 Å². The standard InChI is InChI=1S/C23H16ClF5N2O4/c1-34-15-6-8-18(17(24)11-15)35-19-10-13(22(25,26)23(27,28)29)5-7-16(19)21(33)31-14-4-2-3-12(9-14)20(30)32/h2-11H,1H3,(H2,30,32)(H,31,33). The fourth-order valence-electron chi connectivity index (χ4n) is 2.91. The minimum absolute atomic E-state index is 0.0575. The summed E-state index contributed by atoms with van der Waals surface area (Å²) in [6.07, 6.45) is -5.89. The lowest BCUT2D eigenvalue weighted by atomic mass is 10.0. The molecule has 0 aromatic heterocycles. The SMILES string of the molecule is COc1ccc(Oc2cc(C(F)(F)C(F)(F)F)ccc2C(=O)Nc2cccc(C(N)=O)c2)c(Cl)c1. The normalized spacial score (nSPS) is 11.6. The maximum atomic E-state index is 14.0. The van der Waals surface area contributed by atoms with Crippen LogP contribution in [0.2, 0.25) is 5.02 Å². The molecular weight excluding hydrogens is 499 g/mol. The molecule has 0 aliphatic heterocycles. The summed E-state index contributed by atoms with van der Waals surface area (Å²) in [5, 5.41) is 2.35. The molecule has 2 amide bonds. The molecule has 0 aliphatic carbocycles. The van der Waals surface area contributed by atoms with Gasteiger partial charge in [-0.15, -0.1) is 0 Å². The summed E-state index contributed by atoms with van der Waals surface area (Å²) >= 11 is 6.09. The van der Waals surface area contributed by atoms with Gasteiger partial charge in [0, 0.05) is 22.9 Å².